The molecule has 0 amide bonds. The van der Waals surface area contributed by atoms with E-state index < -0.39 is 16.1 Å². The van der Waals surface area contributed by atoms with Crippen molar-refractivity contribution in [2.45, 2.75) is 37.9 Å². The Kier molecular flexibility index (Phi) is 3.24. The summed E-state index contributed by atoms with van der Waals surface area (Å²) in [5.74, 6) is 0.686. The summed E-state index contributed by atoms with van der Waals surface area (Å²) in [6.07, 6.45) is 1.49. The second kappa shape index (κ2) is 4.40. The molecule has 1 atom stereocenters. The zero-order valence-corrected chi connectivity index (χ0v) is 10.8. The Bertz CT molecular complexity index is 509. The summed E-state index contributed by atoms with van der Waals surface area (Å²) in [7, 11) is -3.54. The third-order valence-corrected chi connectivity index (χ3v) is 4.76. The summed E-state index contributed by atoms with van der Waals surface area (Å²) in [5, 5.41) is 9.46. The van der Waals surface area contributed by atoms with Crippen LogP contribution < -0.4 is 0 Å². The zero-order chi connectivity index (χ0) is 12.6. The van der Waals surface area contributed by atoms with Gasteiger partial charge in [0.15, 0.2) is 5.03 Å². The molecule has 0 bridgehead atoms. The number of rotatable bonds is 3. The number of hydrogen-bond acceptors (Lipinski definition) is 4. The van der Waals surface area contributed by atoms with Crippen molar-refractivity contribution in [3.05, 3.63) is 12.0 Å². The van der Waals surface area contributed by atoms with Crippen LogP contribution in [0.5, 0.6) is 0 Å². The van der Waals surface area contributed by atoms with E-state index in [-0.39, 0.29) is 11.6 Å². The molecule has 17 heavy (non-hydrogen) atoms. The van der Waals surface area contributed by atoms with Crippen LogP contribution in [0, 0.1) is 6.92 Å². The van der Waals surface area contributed by atoms with Gasteiger partial charge in [-0.2, -0.15) is 4.31 Å². The van der Waals surface area contributed by atoms with Crippen molar-refractivity contribution in [2.75, 3.05) is 13.1 Å². The number of aryl methyl sites for hydroxylation is 2. The van der Waals surface area contributed by atoms with Crippen molar-refractivity contribution in [1.82, 2.24) is 13.9 Å². The number of imidazole rings is 1. The molecule has 2 rings (SSSR count). The Morgan fingerprint density at radius 1 is 1.59 bits per heavy atom. The van der Waals surface area contributed by atoms with Crippen LogP contribution in [0.3, 0.4) is 0 Å². The van der Waals surface area contributed by atoms with Gasteiger partial charge in [-0.1, -0.05) is 0 Å². The van der Waals surface area contributed by atoms with E-state index in [0.29, 0.717) is 25.3 Å². The smallest absolute Gasteiger partial charge is 0.262 e. The molecular formula is C10H17N3O3S. The quantitative estimate of drug-likeness (QED) is 0.827. The lowest BCUT2D eigenvalue weighted by atomic mass is 10.3. The van der Waals surface area contributed by atoms with Gasteiger partial charge in [-0.25, -0.2) is 13.4 Å². The fourth-order valence-corrected chi connectivity index (χ4v) is 3.47. The topological polar surface area (TPSA) is 75.4 Å². The van der Waals surface area contributed by atoms with E-state index in [0.717, 1.165) is 0 Å². The maximum absolute atomic E-state index is 12.2. The molecule has 0 saturated carbocycles. The molecule has 7 heteroatoms. The number of sulfonamides is 1. The molecule has 1 N–H and O–H groups in total. The Balaban J connectivity index is 2.31. The van der Waals surface area contributed by atoms with Crippen molar-refractivity contribution in [3.8, 4) is 0 Å². The number of nitrogens with zero attached hydrogens (tertiary/aromatic N) is 3. The highest BCUT2D eigenvalue weighted by molar-refractivity contribution is 7.89. The molecule has 6 nitrogen and oxygen atoms in total. The minimum absolute atomic E-state index is 0.0750. The highest BCUT2D eigenvalue weighted by Gasteiger charge is 2.33. The largest absolute Gasteiger partial charge is 0.392 e. The fourth-order valence-electron chi connectivity index (χ4n) is 1.98. The molecule has 1 saturated heterocycles. The molecule has 2 heterocycles. The molecule has 96 valence electrons. The second-order valence-corrected chi connectivity index (χ2v) is 6.10. The number of hydrogen-bond donors (Lipinski definition) is 1. The lowest BCUT2D eigenvalue weighted by molar-refractivity contribution is 0.189. The maximum atomic E-state index is 12.2. The fraction of sp³-hybridized carbons (Fsp3) is 0.700. The predicted octanol–water partition coefficient (Wildman–Crippen LogP) is -0.0333. The molecule has 1 aliphatic heterocycles. The summed E-state index contributed by atoms with van der Waals surface area (Å²) in [6.45, 7) is 4.94. The Morgan fingerprint density at radius 3 is 2.76 bits per heavy atom. The van der Waals surface area contributed by atoms with Gasteiger partial charge >= 0.3 is 0 Å². The van der Waals surface area contributed by atoms with E-state index in [2.05, 4.69) is 4.98 Å². The van der Waals surface area contributed by atoms with Crippen LogP contribution in [0.15, 0.2) is 11.2 Å². The average molecular weight is 259 g/mol. The third-order valence-electron chi connectivity index (χ3n) is 3.02. The van der Waals surface area contributed by atoms with Gasteiger partial charge < -0.3 is 9.67 Å². The minimum Gasteiger partial charge on any atom is -0.392 e. The minimum atomic E-state index is -3.54. The lowest BCUT2D eigenvalue weighted by Gasteiger charge is -2.13. The van der Waals surface area contributed by atoms with Crippen LogP contribution in [0.1, 0.15) is 19.2 Å². The van der Waals surface area contributed by atoms with Crippen LogP contribution >= 0.6 is 0 Å². The SMILES string of the molecule is CCn1cc(S(=O)(=O)N2CCC(O)C2)nc1C. The molecule has 0 aliphatic carbocycles. The summed E-state index contributed by atoms with van der Waals surface area (Å²) in [6, 6.07) is 0. The Morgan fingerprint density at radius 2 is 2.29 bits per heavy atom. The highest BCUT2D eigenvalue weighted by atomic mass is 32.2. The van der Waals surface area contributed by atoms with Gasteiger partial charge in [0.2, 0.25) is 0 Å². The van der Waals surface area contributed by atoms with E-state index in [1.54, 1.807) is 17.7 Å². The van der Waals surface area contributed by atoms with Gasteiger partial charge in [0.25, 0.3) is 10.0 Å². The molecule has 1 fully saturated rings. The van der Waals surface area contributed by atoms with Crippen molar-refractivity contribution < 1.29 is 13.5 Å². The van der Waals surface area contributed by atoms with Crippen LogP contribution in [-0.4, -0.2) is 46.6 Å². The summed E-state index contributed by atoms with van der Waals surface area (Å²) < 4.78 is 27.5. The van der Waals surface area contributed by atoms with Crippen LogP contribution in [0.4, 0.5) is 0 Å². The van der Waals surface area contributed by atoms with Crippen LogP contribution in [0.25, 0.3) is 0 Å². The van der Waals surface area contributed by atoms with E-state index in [4.69, 9.17) is 0 Å². The van der Waals surface area contributed by atoms with E-state index in [9.17, 15) is 13.5 Å². The summed E-state index contributed by atoms with van der Waals surface area (Å²) >= 11 is 0. The molecule has 0 radical (unpaired) electrons. The number of aromatic nitrogens is 2. The van der Waals surface area contributed by atoms with Gasteiger partial charge in [-0.15, -0.1) is 0 Å². The molecule has 1 aliphatic rings. The van der Waals surface area contributed by atoms with Crippen molar-refractivity contribution >= 4 is 10.0 Å². The van der Waals surface area contributed by atoms with Gasteiger partial charge in [0.05, 0.1) is 6.10 Å². The predicted molar refractivity (Wildman–Crippen MR) is 62.0 cm³/mol. The monoisotopic (exact) mass is 259 g/mol. The maximum Gasteiger partial charge on any atom is 0.262 e. The Labute approximate surface area is 101 Å². The van der Waals surface area contributed by atoms with Crippen molar-refractivity contribution in [1.29, 1.82) is 0 Å². The number of β-amino-alcohol motifs (C(OH)–C–C–N with tert-alkyl or cyclic N) is 1. The highest BCUT2D eigenvalue weighted by Crippen LogP contribution is 2.20. The van der Waals surface area contributed by atoms with E-state index in [1.165, 1.54) is 4.31 Å². The molecule has 0 aromatic carbocycles. The first-order valence-electron chi connectivity index (χ1n) is 5.67. The lowest BCUT2D eigenvalue weighted by Crippen LogP contribution is -2.30. The van der Waals surface area contributed by atoms with Gasteiger partial charge in [-0.3, -0.25) is 0 Å². The normalized spacial score (nSPS) is 22.2. The molecule has 1 aromatic heterocycles. The molecular weight excluding hydrogens is 242 g/mol. The zero-order valence-electron chi connectivity index (χ0n) is 10.00. The second-order valence-electron chi connectivity index (χ2n) is 4.22. The first-order chi connectivity index (χ1) is 7.95. The first kappa shape index (κ1) is 12.5. The third kappa shape index (κ3) is 2.22. The molecule has 1 aromatic rings. The van der Waals surface area contributed by atoms with E-state index >= 15 is 0 Å². The van der Waals surface area contributed by atoms with Gasteiger partial charge in [-0.05, 0) is 20.3 Å². The van der Waals surface area contributed by atoms with Crippen LogP contribution in [0.2, 0.25) is 0 Å². The standard InChI is InChI=1S/C10H17N3O3S/c1-3-12-7-10(11-8(12)2)17(15,16)13-5-4-9(14)6-13/h7,9,14H,3-6H2,1-2H3. The summed E-state index contributed by atoms with van der Waals surface area (Å²) in [5.41, 5.74) is 0. The van der Waals surface area contributed by atoms with Gasteiger partial charge in [0, 0.05) is 25.8 Å². The number of aliphatic hydroxyl groups excluding tert-OH is 1. The van der Waals surface area contributed by atoms with Crippen molar-refractivity contribution in [3.63, 3.8) is 0 Å². The molecule has 1 unspecified atom stereocenters. The average Bonchev–Trinajstić information content (AvgIpc) is 2.85. The van der Waals surface area contributed by atoms with E-state index in [1.807, 2.05) is 6.92 Å². The Hall–Kier alpha value is -0.920. The molecule has 0 spiro atoms. The van der Waals surface area contributed by atoms with Gasteiger partial charge in [0.1, 0.15) is 5.82 Å². The first-order valence-corrected chi connectivity index (χ1v) is 7.11. The van der Waals surface area contributed by atoms with Crippen LogP contribution in [-0.2, 0) is 16.6 Å². The number of aliphatic hydroxyl groups is 1. The summed E-state index contributed by atoms with van der Waals surface area (Å²) in [4.78, 5) is 4.07. The van der Waals surface area contributed by atoms with Crippen molar-refractivity contribution in [2.24, 2.45) is 0 Å².